The van der Waals surface area contributed by atoms with E-state index in [-0.39, 0.29) is 5.91 Å². The first-order valence-corrected chi connectivity index (χ1v) is 6.62. The largest absolute Gasteiger partial charge is 0.352 e. The summed E-state index contributed by atoms with van der Waals surface area (Å²) < 4.78 is 0. The van der Waals surface area contributed by atoms with E-state index in [1.54, 1.807) is 6.20 Å². The normalized spacial score (nSPS) is 16.5. The number of amides is 1. The van der Waals surface area contributed by atoms with E-state index in [9.17, 15) is 4.79 Å². The summed E-state index contributed by atoms with van der Waals surface area (Å²) in [6.07, 6.45) is 6.48. The lowest BCUT2D eigenvalue weighted by molar-refractivity contribution is -0.122. The van der Waals surface area contributed by atoms with Gasteiger partial charge in [-0.15, -0.1) is 0 Å². The van der Waals surface area contributed by atoms with Gasteiger partial charge in [-0.05, 0) is 56.0 Å². The topological polar surface area (TPSA) is 54.0 Å². The average molecular weight is 247 g/mol. The van der Waals surface area contributed by atoms with Crippen LogP contribution in [0.15, 0.2) is 18.5 Å². The number of nitrogens with one attached hydrogen (secondary N) is 2. The number of nitrogens with zero attached hydrogens (tertiary/aromatic N) is 1. The minimum Gasteiger partial charge on any atom is -0.352 e. The van der Waals surface area contributed by atoms with Crippen molar-refractivity contribution >= 4 is 5.91 Å². The number of aryl methyl sites for hydroxylation is 1. The highest BCUT2D eigenvalue weighted by Gasteiger charge is 2.16. The molecule has 1 aliphatic heterocycles. The molecule has 18 heavy (non-hydrogen) atoms. The van der Waals surface area contributed by atoms with Crippen molar-refractivity contribution in [3.05, 3.63) is 29.6 Å². The second-order valence-electron chi connectivity index (χ2n) is 4.98. The van der Waals surface area contributed by atoms with E-state index in [4.69, 9.17) is 0 Å². The number of carbonyl (C=O) groups is 1. The van der Waals surface area contributed by atoms with E-state index in [0.717, 1.165) is 37.1 Å². The fraction of sp³-hybridized carbons (Fsp3) is 0.571. The Hall–Kier alpha value is -1.42. The fourth-order valence-electron chi connectivity index (χ4n) is 2.31. The van der Waals surface area contributed by atoms with Crippen LogP contribution >= 0.6 is 0 Å². The first kappa shape index (κ1) is 13.0. The first-order chi connectivity index (χ1) is 8.75. The summed E-state index contributed by atoms with van der Waals surface area (Å²) in [5, 5.41) is 6.31. The number of piperidine rings is 1. The van der Waals surface area contributed by atoms with Gasteiger partial charge in [0.05, 0.1) is 0 Å². The lowest BCUT2D eigenvalue weighted by Gasteiger charge is -2.22. The van der Waals surface area contributed by atoms with Crippen LogP contribution in [0.5, 0.6) is 0 Å². The van der Waals surface area contributed by atoms with Crippen molar-refractivity contribution in [3.63, 3.8) is 0 Å². The monoisotopic (exact) mass is 247 g/mol. The lowest BCUT2D eigenvalue weighted by Crippen LogP contribution is -2.32. The molecule has 4 nitrogen and oxygen atoms in total. The van der Waals surface area contributed by atoms with E-state index < -0.39 is 0 Å². The standard InChI is InChI=1S/C14H21N3O/c1-11-9-16-7-4-13(11)10-17-14(18)8-12-2-5-15-6-3-12/h4,7,9,12,15H,2-3,5-6,8,10H2,1H3,(H,17,18). The molecule has 1 aromatic heterocycles. The second-order valence-corrected chi connectivity index (χ2v) is 4.98. The minimum absolute atomic E-state index is 0.165. The molecule has 2 heterocycles. The zero-order valence-corrected chi connectivity index (χ0v) is 10.9. The van der Waals surface area contributed by atoms with Crippen LogP contribution in [-0.4, -0.2) is 24.0 Å². The molecule has 2 rings (SSSR count). The van der Waals surface area contributed by atoms with Gasteiger partial charge in [-0.3, -0.25) is 9.78 Å². The molecule has 4 heteroatoms. The van der Waals surface area contributed by atoms with Crippen molar-refractivity contribution in [1.29, 1.82) is 0 Å². The van der Waals surface area contributed by atoms with Crippen LogP contribution in [0.3, 0.4) is 0 Å². The van der Waals surface area contributed by atoms with E-state index >= 15 is 0 Å². The highest BCUT2D eigenvalue weighted by molar-refractivity contribution is 5.76. The summed E-state index contributed by atoms with van der Waals surface area (Å²) in [6, 6.07) is 1.96. The van der Waals surface area contributed by atoms with Gasteiger partial charge in [0, 0.05) is 25.4 Å². The van der Waals surface area contributed by atoms with Gasteiger partial charge in [0.1, 0.15) is 0 Å². The number of aromatic nitrogens is 1. The molecule has 0 unspecified atom stereocenters. The molecule has 0 saturated carbocycles. The highest BCUT2D eigenvalue weighted by atomic mass is 16.1. The van der Waals surface area contributed by atoms with Crippen LogP contribution in [0.25, 0.3) is 0 Å². The number of pyridine rings is 1. The highest BCUT2D eigenvalue weighted by Crippen LogP contribution is 2.15. The van der Waals surface area contributed by atoms with Crippen LogP contribution < -0.4 is 10.6 Å². The molecule has 0 radical (unpaired) electrons. The van der Waals surface area contributed by atoms with Crippen LogP contribution in [0.4, 0.5) is 0 Å². The molecule has 0 bridgehead atoms. The minimum atomic E-state index is 0.165. The molecule has 0 atom stereocenters. The van der Waals surface area contributed by atoms with Crippen LogP contribution in [0.2, 0.25) is 0 Å². The molecule has 2 N–H and O–H groups in total. The van der Waals surface area contributed by atoms with E-state index in [2.05, 4.69) is 15.6 Å². The number of hydrogen-bond donors (Lipinski definition) is 2. The van der Waals surface area contributed by atoms with Crippen molar-refractivity contribution in [1.82, 2.24) is 15.6 Å². The second kappa shape index (κ2) is 6.50. The Bertz CT molecular complexity index is 400. The molecule has 0 aliphatic carbocycles. The summed E-state index contributed by atoms with van der Waals surface area (Å²) >= 11 is 0. The van der Waals surface area contributed by atoms with Gasteiger partial charge < -0.3 is 10.6 Å². The summed E-state index contributed by atoms with van der Waals surface area (Å²) in [7, 11) is 0. The van der Waals surface area contributed by atoms with Gasteiger partial charge in [0.2, 0.25) is 5.91 Å². The van der Waals surface area contributed by atoms with E-state index in [1.165, 1.54) is 0 Å². The predicted octanol–water partition coefficient (Wildman–Crippen LogP) is 1.40. The predicted molar refractivity (Wildman–Crippen MR) is 71.0 cm³/mol. The summed E-state index contributed by atoms with van der Waals surface area (Å²) in [5.41, 5.74) is 2.27. The van der Waals surface area contributed by atoms with Gasteiger partial charge in [0.15, 0.2) is 0 Å². The smallest absolute Gasteiger partial charge is 0.220 e. The molecule has 0 aromatic carbocycles. The van der Waals surface area contributed by atoms with Crippen LogP contribution in [0, 0.1) is 12.8 Å². The van der Waals surface area contributed by atoms with Crippen LogP contribution in [0.1, 0.15) is 30.4 Å². The Morgan fingerprint density at radius 1 is 1.50 bits per heavy atom. The summed E-state index contributed by atoms with van der Waals surface area (Å²) in [6.45, 7) is 4.71. The molecule has 1 amide bonds. The van der Waals surface area contributed by atoms with Crippen molar-refractivity contribution in [2.24, 2.45) is 5.92 Å². The van der Waals surface area contributed by atoms with E-state index in [1.807, 2.05) is 19.2 Å². The molecule has 1 fully saturated rings. The van der Waals surface area contributed by atoms with Gasteiger partial charge in [-0.25, -0.2) is 0 Å². The SMILES string of the molecule is Cc1cnccc1CNC(=O)CC1CCNCC1. The maximum absolute atomic E-state index is 11.8. The Morgan fingerprint density at radius 2 is 2.28 bits per heavy atom. The average Bonchev–Trinajstić information content (AvgIpc) is 2.39. The molecule has 1 aliphatic rings. The van der Waals surface area contributed by atoms with Crippen molar-refractivity contribution in [3.8, 4) is 0 Å². The lowest BCUT2D eigenvalue weighted by atomic mass is 9.94. The maximum Gasteiger partial charge on any atom is 0.220 e. The Balaban J connectivity index is 1.76. The molecule has 1 saturated heterocycles. The van der Waals surface area contributed by atoms with Gasteiger partial charge >= 0.3 is 0 Å². The first-order valence-electron chi connectivity index (χ1n) is 6.62. The molecule has 98 valence electrons. The third kappa shape index (κ3) is 3.81. The zero-order chi connectivity index (χ0) is 12.8. The quantitative estimate of drug-likeness (QED) is 0.845. The summed E-state index contributed by atoms with van der Waals surface area (Å²) in [5.74, 6) is 0.711. The third-order valence-electron chi connectivity index (χ3n) is 3.55. The van der Waals surface area contributed by atoms with Crippen molar-refractivity contribution in [2.75, 3.05) is 13.1 Å². The Kier molecular flexibility index (Phi) is 4.70. The Morgan fingerprint density at radius 3 is 3.00 bits per heavy atom. The van der Waals surface area contributed by atoms with Gasteiger partial charge in [0.25, 0.3) is 0 Å². The van der Waals surface area contributed by atoms with Gasteiger partial charge in [-0.2, -0.15) is 0 Å². The Labute approximate surface area is 108 Å². The fourth-order valence-corrected chi connectivity index (χ4v) is 2.31. The number of carbonyl (C=O) groups excluding carboxylic acids is 1. The number of hydrogen-bond acceptors (Lipinski definition) is 3. The van der Waals surface area contributed by atoms with Crippen molar-refractivity contribution < 1.29 is 4.79 Å². The number of rotatable bonds is 4. The molecule has 1 aromatic rings. The van der Waals surface area contributed by atoms with E-state index in [0.29, 0.717) is 18.9 Å². The third-order valence-corrected chi connectivity index (χ3v) is 3.55. The summed E-state index contributed by atoms with van der Waals surface area (Å²) in [4.78, 5) is 15.9. The van der Waals surface area contributed by atoms with Crippen LogP contribution in [-0.2, 0) is 11.3 Å². The molecular formula is C14H21N3O. The maximum atomic E-state index is 11.8. The molecular weight excluding hydrogens is 226 g/mol. The van der Waals surface area contributed by atoms with Crippen molar-refractivity contribution in [2.45, 2.75) is 32.7 Å². The van der Waals surface area contributed by atoms with Gasteiger partial charge in [-0.1, -0.05) is 0 Å². The molecule has 0 spiro atoms. The zero-order valence-electron chi connectivity index (χ0n) is 10.9.